The monoisotopic (exact) mass is 429 g/mol. The van der Waals surface area contributed by atoms with Gasteiger partial charge in [0.15, 0.2) is 0 Å². The second-order valence-corrected chi connectivity index (χ2v) is 6.85. The van der Waals surface area contributed by atoms with E-state index in [4.69, 9.17) is 12.2 Å². The highest BCUT2D eigenvalue weighted by atomic mass is 127. The van der Waals surface area contributed by atoms with Gasteiger partial charge in [-0.2, -0.15) is 0 Å². The SMILES string of the molecule is CN1C(=O)C2C(=[NH+]C(=S)N2Cc2cccc(I)c2)N(C)C1=O. The van der Waals surface area contributed by atoms with Crippen molar-refractivity contribution in [3.8, 4) is 0 Å². The first-order valence-corrected chi connectivity index (χ1v) is 8.13. The number of urea groups is 1. The van der Waals surface area contributed by atoms with Crippen LogP contribution in [-0.4, -0.2) is 57.7 Å². The minimum Gasteiger partial charge on any atom is -0.270 e. The number of thiocarbonyl (C=S) groups is 1. The number of hydrogen-bond donors (Lipinski definition) is 1. The number of amides is 3. The van der Waals surface area contributed by atoms with E-state index in [1.165, 1.54) is 11.9 Å². The van der Waals surface area contributed by atoms with E-state index in [0.29, 0.717) is 17.5 Å². The fraction of sp³-hybridized carbons (Fsp3) is 0.286. The summed E-state index contributed by atoms with van der Waals surface area (Å²) in [6.07, 6.45) is 0. The van der Waals surface area contributed by atoms with Gasteiger partial charge in [-0.05, 0) is 52.5 Å². The third-order valence-corrected chi connectivity index (χ3v) is 4.82. The highest BCUT2D eigenvalue weighted by Gasteiger charge is 2.54. The summed E-state index contributed by atoms with van der Waals surface area (Å²) in [6.45, 7) is 0.512. The van der Waals surface area contributed by atoms with Crippen molar-refractivity contribution in [1.29, 1.82) is 0 Å². The van der Waals surface area contributed by atoms with Gasteiger partial charge in [0.2, 0.25) is 6.04 Å². The third kappa shape index (κ3) is 2.39. The van der Waals surface area contributed by atoms with Crippen molar-refractivity contribution in [2.24, 2.45) is 0 Å². The Morgan fingerprint density at radius 1 is 1.27 bits per heavy atom. The van der Waals surface area contributed by atoms with Gasteiger partial charge < -0.3 is 0 Å². The molecule has 0 saturated carbocycles. The molecule has 1 atom stereocenters. The van der Waals surface area contributed by atoms with E-state index in [0.717, 1.165) is 14.0 Å². The molecule has 1 aromatic carbocycles. The molecule has 1 aromatic rings. The maximum atomic E-state index is 12.5. The Morgan fingerprint density at radius 3 is 2.68 bits per heavy atom. The van der Waals surface area contributed by atoms with Gasteiger partial charge in [0, 0.05) is 10.6 Å². The first kappa shape index (κ1) is 15.3. The second-order valence-electron chi connectivity index (χ2n) is 5.21. The molecule has 114 valence electrons. The molecular formula is C14H14IN4O2S+. The van der Waals surface area contributed by atoms with E-state index in [-0.39, 0.29) is 11.9 Å². The van der Waals surface area contributed by atoms with Gasteiger partial charge in [-0.15, -0.1) is 0 Å². The predicted octanol–water partition coefficient (Wildman–Crippen LogP) is -0.237. The topological polar surface area (TPSA) is 57.8 Å². The molecule has 6 nitrogen and oxygen atoms in total. The van der Waals surface area contributed by atoms with Crippen molar-refractivity contribution in [2.45, 2.75) is 12.6 Å². The molecule has 3 rings (SSSR count). The predicted molar refractivity (Wildman–Crippen MR) is 93.0 cm³/mol. The van der Waals surface area contributed by atoms with E-state index in [1.54, 1.807) is 7.05 Å². The van der Waals surface area contributed by atoms with Gasteiger partial charge in [-0.25, -0.2) is 14.7 Å². The van der Waals surface area contributed by atoms with E-state index >= 15 is 0 Å². The number of carbonyl (C=O) groups excluding carboxylic acids is 2. The van der Waals surface area contributed by atoms with Crippen molar-refractivity contribution in [1.82, 2.24) is 14.7 Å². The maximum absolute atomic E-state index is 12.5. The Kier molecular flexibility index (Phi) is 3.89. The average Bonchev–Trinajstić information content (AvgIpc) is 2.80. The summed E-state index contributed by atoms with van der Waals surface area (Å²) in [5.41, 5.74) is 1.06. The number of halogens is 1. The van der Waals surface area contributed by atoms with Crippen LogP contribution < -0.4 is 4.99 Å². The summed E-state index contributed by atoms with van der Waals surface area (Å²) < 4.78 is 1.12. The van der Waals surface area contributed by atoms with Crippen LogP contribution in [0.15, 0.2) is 24.3 Å². The molecule has 1 unspecified atom stereocenters. The van der Waals surface area contributed by atoms with E-state index in [9.17, 15) is 9.59 Å². The van der Waals surface area contributed by atoms with Crippen LogP contribution in [0.5, 0.6) is 0 Å². The molecule has 0 bridgehead atoms. The van der Waals surface area contributed by atoms with Crippen LogP contribution in [-0.2, 0) is 11.3 Å². The van der Waals surface area contributed by atoms with E-state index in [1.807, 2.05) is 29.2 Å². The molecule has 3 amide bonds. The zero-order valence-electron chi connectivity index (χ0n) is 12.0. The number of benzene rings is 1. The van der Waals surface area contributed by atoms with Crippen molar-refractivity contribution >= 4 is 57.7 Å². The lowest BCUT2D eigenvalue weighted by Crippen LogP contribution is -2.79. The zero-order valence-corrected chi connectivity index (χ0v) is 15.0. The number of rotatable bonds is 2. The fourth-order valence-electron chi connectivity index (χ4n) is 2.63. The molecule has 0 aromatic heterocycles. The molecule has 2 heterocycles. The van der Waals surface area contributed by atoms with Gasteiger partial charge in [0.05, 0.1) is 13.6 Å². The Labute approximate surface area is 146 Å². The van der Waals surface area contributed by atoms with Gasteiger partial charge in [-0.3, -0.25) is 14.6 Å². The minimum atomic E-state index is -0.571. The number of fused-ring (bicyclic) bond motifs is 1. The van der Waals surface area contributed by atoms with Crippen LogP contribution in [0.4, 0.5) is 4.79 Å². The lowest BCUT2D eigenvalue weighted by atomic mass is 10.1. The number of imide groups is 1. The van der Waals surface area contributed by atoms with Crippen LogP contribution in [0.3, 0.4) is 0 Å². The first-order chi connectivity index (χ1) is 10.4. The quantitative estimate of drug-likeness (QED) is 0.521. The van der Waals surface area contributed by atoms with Crippen LogP contribution >= 0.6 is 34.8 Å². The first-order valence-electron chi connectivity index (χ1n) is 6.64. The number of nitrogens with one attached hydrogen (secondary N) is 1. The van der Waals surface area contributed by atoms with E-state index in [2.05, 4.69) is 27.6 Å². The Bertz CT molecular complexity index is 721. The summed E-state index contributed by atoms with van der Waals surface area (Å²) >= 11 is 7.60. The summed E-state index contributed by atoms with van der Waals surface area (Å²) in [4.78, 5) is 31.9. The molecule has 22 heavy (non-hydrogen) atoms. The van der Waals surface area contributed by atoms with Gasteiger partial charge in [0.25, 0.3) is 16.9 Å². The lowest BCUT2D eigenvalue weighted by molar-refractivity contribution is -0.320. The second kappa shape index (κ2) is 5.58. The Morgan fingerprint density at radius 2 is 2.00 bits per heavy atom. The number of hydrogen-bond acceptors (Lipinski definition) is 3. The van der Waals surface area contributed by atoms with Crippen LogP contribution in [0.25, 0.3) is 0 Å². The molecule has 2 aliphatic heterocycles. The standard InChI is InChI=1S/C14H13IN4O2S/c1-17-11-10(12(20)18(2)14(17)21)19(13(22)16-11)7-8-4-3-5-9(15)6-8/h3-6,10H,7H2,1-2H3/p+1. The molecule has 1 fully saturated rings. The highest BCUT2D eigenvalue weighted by Crippen LogP contribution is 2.19. The number of nitrogens with zero attached hydrogens (tertiary/aromatic N) is 3. The van der Waals surface area contributed by atoms with Crippen LogP contribution in [0.1, 0.15) is 5.56 Å². The Hall–Kier alpha value is -1.55. The molecular weight excluding hydrogens is 415 g/mol. The molecule has 1 saturated heterocycles. The number of amidine groups is 1. The third-order valence-electron chi connectivity index (χ3n) is 3.81. The van der Waals surface area contributed by atoms with Crippen molar-refractivity contribution in [2.75, 3.05) is 14.1 Å². The minimum absolute atomic E-state index is 0.268. The summed E-state index contributed by atoms with van der Waals surface area (Å²) in [7, 11) is 3.13. The van der Waals surface area contributed by atoms with Crippen molar-refractivity contribution in [3.63, 3.8) is 0 Å². The van der Waals surface area contributed by atoms with Crippen molar-refractivity contribution in [3.05, 3.63) is 33.4 Å². The smallest absolute Gasteiger partial charge is 0.270 e. The van der Waals surface area contributed by atoms with E-state index < -0.39 is 6.04 Å². The van der Waals surface area contributed by atoms with Gasteiger partial charge >= 0.3 is 6.03 Å². The number of likely N-dealkylation sites (N-methyl/N-ethyl adjacent to an activating group) is 2. The number of carbonyl (C=O) groups is 2. The van der Waals surface area contributed by atoms with Crippen molar-refractivity contribution < 1.29 is 14.6 Å². The van der Waals surface area contributed by atoms with Gasteiger partial charge in [-0.1, -0.05) is 12.1 Å². The van der Waals surface area contributed by atoms with Crippen LogP contribution in [0.2, 0.25) is 0 Å². The zero-order chi connectivity index (χ0) is 16.0. The van der Waals surface area contributed by atoms with Gasteiger partial charge in [0.1, 0.15) is 0 Å². The molecule has 8 heteroatoms. The highest BCUT2D eigenvalue weighted by molar-refractivity contribution is 14.1. The summed E-state index contributed by atoms with van der Waals surface area (Å²) in [5.74, 6) is 0.264. The van der Waals surface area contributed by atoms with Crippen LogP contribution in [0, 0.1) is 3.57 Å². The summed E-state index contributed by atoms with van der Waals surface area (Å²) in [6, 6.07) is 7.09. The normalized spacial score (nSPS) is 21.4. The molecule has 0 spiro atoms. The maximum Gasteiger partial charge on any atom is 0.388 e. The average molecular weight is 429 g/mol. The molecule has 1 N–H and O–H groups in total. The lowest BCUT2D eigenvalue weighted by Gasteiger charge is -2.31. The summed E-state index contributed by atoms with van der Waals surface area (Å²) in [5, 5.41) is 0.460. The Balaban J connectivity index is 1.93. The molecule has 2 aliphatic rings. The fourth-order valence-corrected chi connectivity index (χ4v) is 3.52. The molecule has 0 radical (unpaired) electrons. The molecule has 0 aliphatic carbocycles. The largest absolute Gasteiger partial charge is 0.388 e.